The maximum Gasteiger partial charge on any atom is 0.355 e. The highest BCUT2D eigenvalue weighted by atomic mass is 16.5. The molecule has 0 aliphatic rings. The molecule has 0 spiro atoms. The first-order valence-corrected chi connectivity index (χ1v) is 2.61. The van der Waals surface area contributed by atoms with Gasteiger partial charge in [0.05, 0.1) is 0 Å². The Bertz CT molecular complexity index is 309. The maximum atomic E-state index is 10.6. The summed E-state index contributed by atoms with van der Waals surface area (Å²) in [5, 5.41) is 0. The van der Waals surface area contributed by atoms with Crippen LogP contribution in [0.15, 0.2) is 15.4 Å². The quantitative estimate of drug-likeness (QED) is 0.539. The zero-order valence-corrected chi connectivity index (χ0v) is 5.33. The average Bonchev–Trinajstić information content (AvgIpc) is 2.10. The summed E-state index contributed by atoms with van der Waals surface area (Å²) in [6, 6.07) is 0.281. The molecule has 5 nitrogen and oxygen atoms in total. The van der Waals surface area contributed by atoms with E-state index in [1.54, 1.807) is 6.92 Å². The maximum absolute atomic E-state index is 10.6. The molecule has 0 unspecified atom stereocenters. The zero-order valence-electron chi connectivity index (χ0n) is 5.33. The largest absolute Gasteiger partial charge is 0.372 e. The van der Waals surface area contributed by atoms with Gasteiger partial charge in [0, 0.05) is 6.07 Å². The van der Waals surface area contributed by atoms with E-state index in [1.165, 1.54) is 6.07 Å². The predicted molar refractivity (Wildman–Crippen MR) is 32.7 cm³/mol. The minimum Gasteiger partial charge on any atom is -0.372 e. The van der Waals surface area contributed by atoms with Crippen molar-refractivity contribution >= 4 is 6.03 Å². The fourth-order valence-electron chi connectivity index (χ4n) is 0.601. The molecule has 10 heavy (non-hydrogen) atoms. The monoisotopic (exact) mass is 142 g/mol. The average molecular weight is 142 g/mol. The van der Waals surface area contributed by atoms with Gasteiger partial charge in [0.1, 0.15) is 5.76 Å². The molecule has 0 saturated heterocycles. The van der Waals surface area contributed by atoms with Gasteiger partial charge in [0.2, 0.25) is 0 Å². The van der Waals surface area contributed by atoms with Gasteiger partial charge in [-0.25, -0.2) is 4.79 Å². The third-order valence-corrected chi connectivity index (χ3v) is 0.962. The van der Waals surface area contributed by atoms with E-state index in [0.717, 1.165) is 0 Å². The summed E-state index contributed by atoms with van der Waals surface area (Å²) in [6.07, 6.45) is 0. The van der Waals surface area contributed by atoms with Crippen LogP contribution >= 0.6 is 0 Å². The number of carbonyl (C=O) groups excluding carboxylic acids is 1. The number of hydrogen-bond acceptors (Lipinski definition) is 3. The van der Waals surface area contributed by atoms with Gasteiger partial charge in [-0.2, -0.15) is 0 Å². The number of aryl methyl sites for hydroxylation is 1. The second-order valence-corrected chi connectivity index (χ2v) is 1.82. The Kier molecular flexibility index (Phi) is 1.33. The Morgan fingerprint density at radius 2 is 2.40 bits per heavy atom. The lowest BCUT2D eigenvalue weighted by atomic mass is 10.5. The fourth-order valence-corrected chi connectivity index (χ4v) is 0.601. The zero-order chi connectivity index (χ0) is 7.72. The normalized spacial score (nSPS) is 9.70. The number of carbonyl (C=O) groups is 1. The number of amides is 1. The van der Waals surface area contributed by atoms with Crippen molar-refractivity contribution in [1.29, 1.82) is 0 Å². The molecule has 5 heteroatoms. The van der Waals surface area contributed by atoms with E-state index in [-0.39, 0.29) is 0 Å². The van der Waals surface area contributed by atoms with Crippen molar-refractivity contribution in [2.75, 3.05) is 0 Å². The van der Waals surface area contributed by atoms with E-state index in [2.05, 4.69) is 4.52 Å². The lowest BCUT2D eigenvalue weighted by Crippen LogP contribution is -2.27. The third kappa shape index (κ3) is 0.928. The topological polar surface area (TPSA) is 78.2 Å². The van der Waals surface area contributed by atoms with Crippen LogP contribution in [0.1, 0.15) is 5.76 Å². The van der Waals surface area contributed by atoms with Gasteiger partial charge in [0.15, 0.2) is 0 Å². The molecule has 0 aliphatic carbocycles. The van der Waals surface area contributed by atoms with Crippen LogP contribution in [0.25, 0.3) is 0 Å². The second-order valence-electron chi connectivity index (χ2n) is 1.82. The summed E-state index contributed by atoms with van der Waals surface area (Å²) < 4.78 is 5.10. The number of primary amides is 1. The summed E-state index contributed by atoms with van der Waals surface area (Å²) in [6.45, 7) is 1.56. The Labute approximate surface area is 56.0 Å². The lowest BCUT2D eigenvalue weighted by molar-refractivity contribution is 0.214. The van der Waals surface area contributed by atoms with Crippen LogP contribution < -0.4 is 11.3 Å². The Morgan fingerprint density at radius 1 is 1.80 bits per heavy atom. The number of aromatic nitrogens is 1. The first kappa shape index (κ1) is 6.60. The van der Waals surface area contributed by atoms with Gasteiger partial charge < -0.3 is 10.3 Å². The summed E-state index contributed by atoms with van der Waals surface area (Å²) in [4.78, 5) is 21.0. The van der Waals surface area contributed by atoms with E-state index >= 15 is 0 Å². The van der Waals surface area contributed by atoms with Gasteiger partial charge in [-0.3, -0.25) is 4.79 Å². The van der Waals surface area contributed by atoms with E-state index in [0.29, 0.717) is 10.5 Å². The molecule has 1 rings (SSSR count). The van der Waals surface area contributed by atoms with E-state index in [1.807, 2.05) is 0 Å². The fraction of sp³-hybridized carbons (Fsp3) is 0.200. The molecule has 1 heterocycles. The van der Waals surface area contributed by atoms with Crippen LogP contribution in [0.2, 0.25) is 0 Å². The molecule has 1 aromatic rings. The van der Waals surface area contributed by atoms with Gasteiger partial charge in [0.25, 0.3) is 5.56 Å². The van der Waals surface area contributed by atoms with Crippen LogP contribution in [0.4, 0.5) is 4.79 Å². The van der Waals surface area contributed by atoms with Crippen molar-refractivity contribution in [3.05, 3.63) is 22.2 Å². The first-order chi connectivity index (χ1) is 4.61. The molecule has 0 fully saturated rings. The molecule has 0 atom stereocenters. The molecule has 0 bridgehead atoms. The van der Waals surface area contributed by atoms with Gasteiger partial charge >= 0.3 is 6.03 Å². The smallest absolute Gasteiger partial charge is 0.355 e. The SMILES string of the molecule is Cc1cc(=O)n(C(N)=O)o1. The van der Waals surface area contributed by atoms with Gasteiger partial charge in [-0.1, -0.05) is 4.74 Å². The number of nitrogens with two attached hydrogens (primary N) is 1. The highest BCUT2D eigenvalue weighted by molar-refractivity contribution is 5.72. The second kappa shape index (κ2) is 2.02. The molecule has 2 N–H and O–H groups in total. The van der Waals surface area contributed by atoms with E-state index in [9.17, 15) is 9.59 Å². The molecular weight excluding hydrogens is 136 g/mol. The van der Waals surface area contributed by atoms with Crippen LogP contribution in [0, 0.1) is 6.92 Å². The van der Waals surface area contributed by atoms with Crippen LogP contribution in [-0.4, -0.2) is 10.8 Å². The predicted octanol–water partition coefficient (Wildman–Crippen LogP) is -0.323. The van der Waals surface area contributed by atoms with Crippen molar-refractivity contribution in [3.63, 3.8) is 0 Å². The highest BCUT2D eigenvalue weighted by Gasteiger charge is 2.05. The highest BCUT2D eigenvalue weighted by Crippen LogP contribution is 1.89. The Morgan fingerprint density at radius 3 is 2.60 bits per heavy atom. The molecule has 54 valence electrons. The molecule has 0 aliphatic heterocycles. The summed E-state index contributed by atoms with van der Waals surface area (Å²) >= 11 is 0. The first-order valence-electron chi connectivity index (χ1n) is 2.61. The van der Waals surface area contributed by atoms with Crippen molar-refractivity contribution < 1.29 is 9.32 Å². The van der Waals surface area contributed by atoms with E-state index < -0.39 is 11.6 Å². The standard InChI is InChI=1S/C5H6N2O3/c1-3-2-4(8)7(10-3)5(6)9/h2H,1H3,(H2,6,9). The van der Waals surface area contributed by atoms with Crippen molar-refractivity contribution in [3.8, 4) is 0 Å². The van der Waals surface area contributed by atoms with Crippen molar-refractivity contribution in [2.45, 2.75) is 6.92 Å². The van der Waals surface area contributed by atoms with Crippen LogP contribution in [0.5, 0.6) is 0 Å². The summed E-state index contributed by atoms with van der Waals surface area (Å²) in [5.41, 5.74) is 4.22. The summed E-state index contributed by atoms with van der Waals surface area (Å²) in [7, 11) is 0. The minimum atomic E-state index is -0.905. The number of nitrogens with zero attached hydrogens (tertiary/aromatic N) is 1. The molecule has 0 saturated carbocycles. The van der Waals surface area contributed by atoms with Crippen LogP contribution in [-0.2, 0) is 0 Å². The number of hydrogen-bond donors (Lipinski definition) is 1. The van der Waals surface area contributed by atoms with Gasteiger partial charge in [-0.15, -0.1) is 0 Å². The van der Waals surface area contributed by atoms with Gasteiger partial charge in [-0.05, 0) is 6.92 Å². The molecular formula is C5H6N2O3. The summed E-state index contributed by atoms with van der Waals surface area (Å²) in [5.74, 6) is 0.365. The van der Waals surface area contributed by atoms with Crippen molar-refractivity contribution in [1.82, 2.24) is 4.74 Å². The third-order valence-electron chi connectivity index (χ3n) is 0.962. The minimum absolute atomic E-state index is 0.365. The molecule has 0 radical (unpaired) electrons. The Hall–Kier alpha value is -1.52. The molecule has 0 aromatic carbocycles. The number of rotatable bonds is 0. The molecule has 1 aromatic heterocycles. The van der Waals surface area contributed by atoms with Crippen molar-refractivity contribution in [2.24, 2.45) is 5.73 Å². The molecule has 1 amide bonds. The van der Waals surface area contributed by atoms with Crippen LogP contribution in [0.3, 0.4) is 0 Å². The Balaban J connectivity index is 3.29. The van der Waals surface area contributed by atoms with E-state index in [4.69, 9.17) is 5.73 Å². The lowest BCUT2D eigenvalue weighted by Gasteiger charge is -1.87.